The van der Waals surface area contributed by atoms with Crippen molar-refractivity contribution < 1.29 is 12.6 Å². The summed E-state index contributed by atoms with van der Waals surface area (Å²) in [5.41, 5.74) is 2.36. The van der Waals surface area contributed by atoms with Gasteiger partial charge in [-0.3, -0.25) is 5.01 Å². The van der Waals surface area contributed by atoms with E-state index in [1.54, 1.807) is 47.7 Å². The molecular formula is C17H15N5O3S. The molecule has 9 heteroatoms. The van der Waals surface area contributed by atoms with Crippen LogP contribution in [0.4, 0.5) is 5.69 Å². The Hall–Kier alpha value is -3.35. The zero-order chi connectivity index (χ0) is 18.6. The lowest BCUT2D eigenvalue weighted by Gasteiger charge is -2.25. The highest BCUT2D eigenvalue weighted by atomic mass is 32.2. The van der Waals surface area contributed by atoms with Crippen molar-refractivity contribution in [2.24, 2.45) is 5.14 Å². The normalized spacial score (nSPS) is 10.9. The Bertz CT molecular complexity index is 1010. The quantitative estimate of drug-likeness (QED) is 0.709. The van der Waals surface area contributed by atoms with Crippen LogP contribution in [0, 0.1) is 11.3 Å². The van der Waals surface area contributed by atoms with Crippen molar-refractivity contribution in [2.75, 3.05) is 5.01 Å². The van der Waals surface area contributed by atoms with E-state index in [9.17, 15) is 8.42 Å². The first-order valence-electron chi connectivity index (χ1n) is 7.52. The van der Waals surface area contributed by atoms with Gasteiger partial charge in [0.1, 0.15) is 12.1 Å². The first-order chi connectivity index (χ1) is 12.4. The van der Waals surface area contributed by atoms with Crippen molar-refractivity contribution in [1.29, 1.82) is 5.26 Å². The van der Waals surface area contributed by atoms with Crippen molar-refractivity contribution in [2.45, 2.75) is 6.54 Å². The number of benzene rings is 2. The first kappa shape index (κ1) is 17.5. The maximum atomic E-state index is 11.0. The van der Waals surface area contributed by atoms with Gasteiger partial charge >= 0.3 is 10.3 Å². The highest BCUT2D eigenvalue weighted by Gasteiger charge is 2.11. The van der Waals surface area contributed by atoms with E-state index in [0.29, 0.717) is 12.1 Å². The fraction of sp³-hybridized carbons (Fsp3) is 0.0588. The summed E-state index contributed by atoms with van der Waals surface area (Å²) >= 11 is 0. The van der Waals surface area contributed by atoms with Crippen LogP contribution in [0.2, 0.25) is 0 Å². The van der Waals surface area contributed by atoms with Crippen LogP contribution in [0.5, 0.6) is 5.75 Å². The van der Waals surface area contributed by atoms with Crippen molar-refractivity contribution >= 4 is 16.0 Å². The van der Waals surface area contributed by atoms with Crippen LogP contribution >= 0.6 is 0 Å². The first-order valence-corrected chi connectivity index (χ1v) is 8.99. The molecule has 0 saturated heterocycles. The molecule has 0 amide bonds. The van der Waals surface area contributed by atoms with Crippen LogP contribution in [0.25, 0.3) is 0 Å². The van der Waals surface area contributed by atoms with E-state index >= 15 is 0 Å². The molecule has 0 saturated carbocycles. The Morgan fingerprint density at radius 3 is 2.38 bits per heavy atom. The fourth-order valence-corrected chi connectivity index (χ4v) is 2.75. The lowest BCUT2D eigenvalue weighted by atomic mass is 10.1. The second-order valence-electron chi connectivity index (χ2n) is 5.38. The smallest absolute Gasteiger partial charge is 0.371 e. The number of anilines is 1. The van der Waals surface area contributed by atoms with Gasteiger partial charge in [-0.15, -0.1) is 0 Å². The van der Waals surface area contributed by atoms with E-state index in [1.807, 2.05) is 17.1 Å². The average molecular weight is 369 g/mol. The maximum Gasteiger partial charge on any atom is 0.380 e. The summed E-state index contributed by atoms with van der Waals surface area (Å²) in [4.78, 5) is 4.06. The molecular weight excluding hydrogens is 354 g/mol. The van der Waals surface area contributed by atoms with Gasteiger partial charge in [0.25, 0.3) is 0 Å². The van der Waals surface area contributed by atoms with Gasteiger partial charge < -0.3 is 4.18 Å². The van der Waals surface area contributed by atoms with Crippen molar-refractivity contribution in [1.82, 2.24) is 9.66 Å². The van der Waals surface area contributed by atoms with Crippen molar-refractivity contribution in [3.05, 3.63) is 78.4 Å². The molecule has 0 atom stereocenters. The third kappa shape index (κ3) is 4.38. The van der Waals surface area contributed by atoms with Gasteiger partial charge in [0, 0.05) is 12.4 Å². The molecule has 3 aromatic rings. The van der Waals surface area contributed by atoms with E-state index in [2.05, 4.69) is 15.2 Å². The summed E-state index contributed by atoms with van der Waals surface area (Å²) in [7, 11) is -4.06. The third-order valence-electron chi connectivity index (χ3n) is 3.53. The number of aromatic nitrogens is 2. The number of hydrogen-bond acceptors (Lipinski definition) is 6. The topological polar surface area (TPSA) is 114 Å². The number of rotatable bonds is 6. The highest BCUT2D eigenvalue weighted by molar-refractivity contribution is 7.84. The SMILES string of the molecule is N#Cc1ccc(CN(c2ccc(OS(N)(=O)=O)cc2)n2ccnc2)cc1. The zero-order valence-corrected chi connectivity index (χ0v) is 14.4. The molecule has 2 N–H and O–H groups in total. The number of nitrogens with two attached hydrogens (primary N) is 1. The minimum absolute atomic E-state index is 0.125. The standard InChI is InChI=1S/C17H15N5O3S/c18-11-14-1-3-15(4-2-14)12-22(21-10-9-20-13-21)16-5-7-17(8-6-16)25-26(19,23)24/h1-10,13H,12H2,(H2,19,23,24). The van der Waals surface area contributed by atoms with Crippen LogP contribution in [0.15, 0.2) is 67.3 Å². The summed E-state index contributed by atoms with van der Waals surface area (Å²) in [6.45, 7) is 0.511. The van der Waals surface area contributed by atoms with Gasteiger partial charge in [0.2, 0.25) is 0 Å². The maximum absolute atomic E-state index is 11.0. The van der Waals surface area contributed by atoms with Crippen LogP contribution in [-0.4, -0.2) is 18.1 Å². The Kier molecular flexibility index (Phi) is 4.88. The molecule has 0 aliphatic rings. The molecule has 0 fully saturated rings. The number of nitriles is 1. The summed E-state index contributed by atoms with van der Waals surface area (Å²) in [5.74, 6) is 0.125. The molecule has 0 unspecified atom stereocenters. The van der Waals surface area contributed by atoms with E-state index in [4.69, 9.17) is 10.4 Å². The van der Waals surface area contributed by atoms with Gasteiger partial charge in [-0.2, -0.15) is 18.8 Å². The Morgan fingerprint density at radius 1 is 1.15 bits per heavy atom. The van der Waals surface area contributed by atoms with Gasteiger partial charge in [-0.1, -0.05) is 12.1 Å². The molecule has 1 aromatic heterocycles. The van der Waals surface area contributed by atoms with E-state index < -0.39 is 10.3 Å². The Labute approximate surface area is 150 Å². The second kappa shape index (κ2) is 7.26. The monoisotopic (exact) mass is 369 g/mol. The van der Waals surface area contributed by atoms with Crippen LogP contribution in [0.1, 0.15) is 11.1 Å². The molecule has 132 valence electrons. The summed E-state index contributed by atoms with van der Waals surface area (Å²) in [5, 5.41) is 15.7. The average Bonchev–Trinajstić information content (AvgIpc) is 3.14. The zero-order valence-electron chi connectivity index (χ0n) is 13.6. The van der Waals surface area contributed by atoms with Gasteiger partial charge in [-0.25, -0.2) is 9.66 Å². The molecule has 2 aromatic carbocycles. The number of nitrogens with zero attached hydrogens (tertiary/aromatic N) is 4. The molecule has 0 spiro atoms. The lowest BCUT2D eigenvalue weighted by molar-refractivity contribution is 0.487. The molecule has 8 nitrogen and oxygen atoms in total. The molecule has 0 aliphatic carbocycles. The molecule has 3 rings (SSSR count). The van der Waals surface area contributed by atoms with Crippen molar-refractivity contribution in [3.63, 3.8) is 0 Å². The van der Waals surface area contributed by atoms with Gasteiger partial charge in [0.05, 0.1) is 23.9 Å². The molecule has 0 radical (unpaired) electrons. The molecule has 0 aliphatic heterocycles. The van der Waals surface area contributed by atoms with Crippen LogP contribution < -0.4 is 14.3 Å². The minimum atomic E-state index is -4.06. The van der Waals surface area contributed by atoms with Crippen LogP contribution in [-0.2, 0) is 16.8 Å². The lowest BCUT2D eigenvalue weighted by Crippen LogP contribution is -2.27. The molecule has 0 bridgehead atoms. The predicted molar refractivity (Wildman–Crippen MR) is 95.1 cm³/mol. The Morgan fingerprint density at radius 2 is 1.85 bits per heavy atom. The summed E-state index contributed by atoms with van der Waals surface area (Å²) < 4.78 is 28.5. The number of imidazole rings is 1. The molecule has 26 heavy (non-hydrogen) atoms. The Balaban J connectivity index is 1.88. The largest absolute Gasteiger partial charge is 0.380 e. The third-order valence-corrected chi connectivity index (χ3v) is 3.96. The summed E-state index contributed by atoms with van der Waals surface area (Å²) in [6, 6.07) is 15.8. The molecule has 1 heterocycles. The fourth-order valence-electron chi connectivity index (χ4n) is 2.37. The minimum Gasteiger partial charge on any atom is -0.371 e. The van der Waals surface area contributed by atoms with Gasteiger partial charge in [-0.05, 0) is 42.0 Å². The predicted octanol–water partition coefficient (Wildman–Crippen LogP) is 1.81. The van der Waals surface area contributed by atoms with Crippen LogP contribution in [0.3, 0.4) is 0 Å². The highest BCUT2D eigenvalue weighted by Crippen LogP contribution is 2.22. The number of hydrogen-bond donors (Lipinski definition) is 1. The van der Waals surface area contributed by atoms with Gasteiger partial charge in [0.15, 0.2) is 0 Å². The summed E-state index contributed by atoms with van der Waals surface area (Å²) in [6.07, 6.45) is 5.10. The van der Waals surface area contributed by atoms with E-state index in [1.165, 1.54) is 12.1 Å². The van der Waals surface area contributed by atoms with Crippen molar-refractivity contribution in [3.8, 4) is 11.8 Å². The second-order valence-corrected chi connectivity index (χ2v) is 6.53. The van der Waals surface area contributed by atoms with E-state index in [0.717, 1.165) is 11.3 Å². The van der Waals surface area contributed by atoms with E-state index in [-0.39, 0.29) is 5.75 Å².